The van der Waals surface area contributed by atoms with E-state index in [0.29, 0.717) is 17.6 Å². The topological polar surface area (TPSA) is 79.0 Å². The van der Waals surface area contributed by atoms with E-state index < -0.39 is 5.97 Å². The van der Waals surface area contributed by atoms with Crippen molar-refractivity contribution in [1.82, 2.24) is 19.3 Å². The molecular formula is C18H20N4O3. The zero-order valence-corrected chi connectivity index (χ0v) is 14.3. The SMILES string of the molecule is CCCCOC(=O)Cn1cnc2c(cnn2-c2ccccc2C)c1=O. The first kappa shape index (κ1) is 16.9. The standard InChI is InChI=1S/C18H20N4O3/c1-3-4-9-25-16(23)11-21-12-19-17-14(18(21)24)10-20-22(17)15-8-6-5-7-13(15)2/h5-8,10,12H,3-4,9,11H2,1-2H3. The lowest BCUT2D eigenvalue weighted by molar-refractivity contribution is -0.144. The maximum Gasteiger partial charge on any atom is 0.326 e. The number of hydrogen-bond donors (Lipinski definition) is 0. The Bertz CT molecular complexity index is 958. The van der Waals surface area contributed by atoms with Crippen LogP contribution in [0.25, 0.3) is 16.7 Å². The third-order valence-electron chi connectivity index (χ3n) is 3.96. The number of esters is 1. The van der Waals surface area contributed by atoms with Crippen LogP contribution in [0.1, 0.15) is 25.3 Å². The Balaban J connectivity index is 1.91. The number of aromatic nitrogens is 4. The lowest BCUT2D eigenvalue weighted by Gasteiger charge is -2.08. The van der Waals surface area contributed by atoms with Crippen molar-refractivity contribution >= 4 is 17.0 Å². The maximum atomic E-state index is 12.6. The van der Waals surface area contributed by atoms with Gasteiger partial charge in [-0.05, 0) is 25.0 Å². The summed E-state index contributed by atoms with van der Waals surface area (Å²) in [6.07, 6.45) is 4.60. The Kier molecular flexibility index (Phi) is 4.92. The van der Waals surface area contributed by atoms with Gasteiger partial charge in [0.1, 0.15) is 18.3 Å². The molecule has 0 fully saturated rings. The first-order valence-electron chi connectivity index (χ1n) is 8.26. The molecule has 0 amide bonds. The van der Waals surface area contributed by atoms with E-state index in [9.17, 15) is 9.59 Å². The summed E-state index contributed by atoms with van der Waals surface area (Å²) in [6.45, 7) is 4.20. The van der Waals surface area contributed by atoms with E-state index in [1.54, 1.807) is 4.68 Å². The predicted octanol–water partition coefficient (Wildman–Crippen LogP) is 2.23. The average molecular weight is 340 g/mol. The molecule has 0 N–H and O–H groups in total. The van der Waals surface area contributed by atoms with Crippen LogP contribution in [0.2, 0.25) is 0 Å². The van der Waals surface area contributed by atoms with Crippen molar-refractivity contribution in [3.05, 3.63) is 52.7 Å². The van der Waals surface area contributed by atoms with Gasteiger partial charge in [0.05, 0.1) is 18.5 Å². The zero-order valence-electron chi connectivity index (χ0n) is 14.3. The molecule has 0 aliphatic carbocycles. The third-order valence-corrected chi connectivity index (χ3v) is 3.96. The summed E-state index contributed by atoms with van der Waals surface area (Å²) < 4.78 is 7.98. The minimum absolute atomic E-state index is 0.152. The largest absolute Gasteiger partial charge is 0.464 e. The van der Waals surface area contributed by atoms with Crippen molar-refractivity contribution in [1.29, 1.82) is 0 Å². The van der Waals surface area contributed by atoms with Gasteiger partial charge in [0, 0.05) is 0 Å². The number of ether oxygens (including phenoxy) is 1. The van der Waals surface area contributed by atoms with Crippen LogP contribution in [0, 0.1) is 6.92 Å². The first-order chi connectivity index (χ1) is 12.1. The van der Waals surface area contributed by atoms with Crippen LogP contribution in [0.4, 0.5) is 0 Å². The van der Waals surface area contributed by atoms with E-state index in [0.717, 1.165) is 24.1 Å². The highest BCUT2D eigenvalue weighted by atomic mass is 16.5. The average Bonchev–Trinajstić information content (AvgIpc) is 3.03. The lowest BCUT2D eigenvalue weighted by atomic mass is 10.2. The van der Waals surface area contributed by atoms with Gasteiger partial charge in [-0.2, -0.15) is 5.10 Å². The van der Waals surface area contributed by atoms with Crippen LogP contribution in [-0.2, 0) is 16.1 Å². The van der Waals surface area contributed by atoms with E-state index in [1.807, 2.05) is 38.1 Å². The summed E-state index contributed by atoms with van der Waals surface area (Å²) in [5.74, 6) is -0.442. The van der Waals surface area contributed by atoms with Crippen molar-refractivity contribution in [2.75, 3.05) is 6.61 Å². The van der Waals surface area contributed by atoms with Crippen molar-refractivity contribution in [3.8, 4) is 5.69 Å². The highest BCUT2D eigenvalue weighted by Crippen LogP contribution is 2.16. The van der Waals surface area contributed by atoms with Gasteiger partial charge in [-0.3, -0.25) is 14.2 Å². The summed E-state index contributed by atoms with van der Waals surface area (Å²) in [5, 5.41) is 4.66. The Morgan fingerprint density at radius 2 is 2.08 bits per heavy atom. The fourth-order valence-corrected chi connectivity index (χ4v) is 2.55. The van der Waals surface area contributed by atoms with Crippen molar-refractivity contribution in [2.45, 2.75) is 33.2 Å². The number of para-hydroxylation sites is 1. The molecule has 2 aromatic heterocycles. The Hall–Kier alpha value is -2.96. The molecule has 3 rings (SSSR count). The van der Waals surface area contributed by atoms with Crippen molar-refractivity contribution in [3.63, 3.8) is 0 Å². The predicted molar refractivity (Wildman–Crippen MR) is 93.7 cm³/mol. The second kappa shape index (κ2) is 7.29. The second-order valence-corrected chi connectivity index (χ2v) is 5.83. The number of carbonyl (C=O) groups excluding carboxylic acids is 1. The van der Waals surface area contributed by atoms with Gasteiger partial charge < -0.3 is 4.74 Å². The van der Waals surface area contributed by atoms with Gasteiger partial charge in [0.25, 0.3) is 5.56 Å². The van der Waals surface area contributed by atoms with Crippen LogP contribution >= 0.6 is 0 Å². The molecule has 130 valence electrons. The van der Waals surface area contributed by atoms with Gasteiger partial charge in [-0.15, -0.1) is 0 Å². The molecule has 0 aliphatic heterocycles. The van der Waals surface area contributed by atoms with Crippen LogP contribution in [0.5, 0.6) is 0 Å². The Morgan fingerprint density at radius 3 is 2.84 bits per heavy atom. The Labute approximate surface area is 144 Å². The van der Waals surface area contributed by atoms with E-state index in [1.165, 1.54) is 17.1 Å². The Morgan fingerprint density at radius 1 is 1.28 bits per heavy atom. The monoisotopic (exact) mass is 340 g/mol. The normalized spacial score (nSPS) is 11.0. The molecule has 0 aliphatic rings. The third kappa shape index (κ3) is 3.45. The molecule has 7 heteroatoms. The maximum absolute atomic E-state index is 12.6. The van der Waals surface area contributed by atoms with Gasteiger partial charge in [0.15, 0.2) is 5.65 Å². The molecule has 0 spiro atoms. The molecule has 0 radical (unpaired) electrons. The number of aryl methyl sites for hydroxylation is 1. The first-order valence-corrected chi connectivity index (χ1v) is 8.26. The van der Waals surface area contributed by atoms with Gasteiger partial charge >= 0.3 is 5.97 Å². The number of hydrogen-bond acceptors (Lipinski definition) is 5. The van der Waals surface area contributed by atoms with E-state index in [2.05, 4.69) is 10.1 Å². The fraction of sp³-hybridized carbons (Fsp3) is 0.333. The number of nitrogens with zero attached hydrogens (tertiary/aromatic N) is 4. The number of rotatable bonds is 6. The number of unbranched alkanes of at least 4 members (excludes halogenated alkanes) is 1. The van der Waals surface area contributed by atoms with Crippen molar-refractivity contribution < 1.29 is 9.53 Å². The minimum atomic E-state index is -0.442. The van der Waals surface area contributed by atoms with E-state index >= 15 is 0 Å². The van der Waals surface area contributed by atoms with Crippen LogP contribution in [0.15, 0.2) is 41.6 Å². The summed E-state index contributed by atoms with van der Waals surface area (Å²) in [4.78, 5) is 28.7. The molecule has 0 atom stereocenters. The van der Waals surface area contributed by atoms with Crippen LogP contribution < -0.4 is 5.56 Å². The minimum Gasteiger partial charge on any atom is -0.464 e. The molecule has 25 heavy (non-hydrogen) atoms. The fourth-order valence-electron chi connectivity index (χ4n) is 2.55. The second-order valence-electron chi connectivity index (χ2n) is 5.83. The van der Waals surface area contributed by atoms with Crippen LogP contribution in [0.3, 0.4) is 0 Å². The number of carbonyl (C=O) groups is 1. The summed E-state index contributed by atoms with van der Waals surface area (Å²) in [5.41, 5.74) is 2.05. The molecular weight excluding hydrogens is 320 g/mol. The molecule has 0 saturated carbocycles. The summed E-state index contributed by atoms with van der Waals surface area (Å²) in [7, 11) is 0. The lowest BCUT2D eigenvalue weighted by Crippen LogP contribution is -2.25. The highest BCUT2D eigenvalue weighted by Gasteiger charge is 2.14. The molecule has 3 aromatic rings. The van der Waals surface area contributed by atoms with E-state index in [-0.39, 0.29) is 12.1 Å². The highest BCUT2D eigenvalue weighted by molar-refractivity contribution is 5.76. The zero-order chi connectivity index (χ0) is 17.8. The molecule has 0 bridgehead atoms. The smallest absolute Gasteiger partial charge is 0.326 e. The number of fused-ring (bicyclic) bond motifs is 1. The molecule has 0 unspecified atom stereocenters. The molecule has 7 nitrogen and oxygen atoms in total. The van der Waals surface area contributed by atoms with Crippen molar-refractivity contribution in [2.24, 2.45) is 0 Å². The van der Waals surface area contributed by atoms with Gasteiger partial charge in [-0.1, -0.05) is 31.5 Å². The molecule has 1 aromatic carbocycles. The number of benzene rings is 1. The van der Waals surface area contributed by atoms with Gasteiger partial charge in [0.2, 0.25) is 0 Å². The van der Waals surface area contributed by atoms with E-state index in [4.69, 9.17) is 4.74 Å². The summed E-state index contributed by atoms with van der Waals surface area (Å²) >= 11 is 0. The van der Waals surface area contributed by atoms with Crippen LogP contribution in [-0.4, -0.2) is 31.9 Å². The summed E-state index contributed by atoms with van der Waals surface area (Å²) in [6, 6.07) is 7.73. The quantitative estimate of drug-likeness (QED) is 0.508. The molecule has 0 saturated heterocycles. The van der Waals surface area contributed by atoms with Gasteiger partial charge in [-0.25, -0.2) is 9.67 Å². The molecule has 2 heterocycles.